The molecule has 1 heterocycles. The highest BCUT2D eigenvalue weighted by molar-refractivity contribution is 6.04. The van der Waals surface area contributed by atoms with E-state index in [2.05, 4.69) is 10.6 Å². The number of nitrogens with one attached hydrogen (secondary N) is 2. The van der Waals surface area contributed by atoms with E-state index in [1.807, 2.05) is 67.6 Å². The molecule has 0 spiro atoms. The van der Waals surface area contributed by atoms with Gasteiger partial charge in [-0.15, -0.1) is 0 Å². The molecule has 1 saturated heterocycles. The Morgan fingerprint density at radius 3 is 2.12 bits per heavy atom. The average Bonchev–Trinajstić information content (AvgIpc) is 3.71. The number of carboxylic acids is 1. The molecule has 10 heteroatoms. The van der Waals surface area contributed by atoms with Crippen molar-refractivity contribution in [3.63, 3.8) is 0 Å². The summed E-state index contributed by atoms with van der Waals surface area (Å²) >= 11 is 0. The molecular formula is C41H48N4O6. The van der Waals surface area contributed by atoms with Crippen LogP contribution in [0.1, 0.15) is 81.9 Å². The molecule has 0 bridgehead atoms. The fourth-order valence-corrected chi connectivity index (χ4v) is 7.40. The van der Waals surface area contributed by atoms with Gasteiger partial charge in [-0.05, 0) is 73.4 Å². The van der Waals surface area contributed by atoms with Crippen LogP contribution in [0.5, 0.6) is 0 Å². The van der Waals surface area contributed by atoms with Gasteiger partial charge in [-0.1, -0.05) is 92.6 Å². The third-order valence-corrected chi connectivity index (χ3v) is 10.0. The minimum absolute atomic E-state index is 0.0640. The first kappa shape index (κ1) is 37.0. The predicted molar refractivity (Wildman–Crippen MR) is 196 cm³/mol. The number of nitrogens with zero attached hydrogens (tertiary/aromatic N) is 2. The monoisotopic (exact) mass is 692 g/mol. The second-order valence-electron chi connectivity index (χ2n) is 13.6. The van der Waals surface area contributed by atoms with Crippen molar-refractivity contribution >= 4 is 41.4 Å². The first-order chi connectivity index (χ1) is 24.6. The van der Waals surface area contributed by atoms with Gasteiger partial charge >= 0.3 is 5.97 Å². The summed E-state index contributed by atoms with van der Waals surface area (Å²) in [4.78, 5) is 68.9. The number of aliphatic carboxylic acids is 1. The summed E-state index contributed by atoms with van der Waals surface area (Å²) in [6.07, 6.45) is 6.87. The van der Waals surface area contributed by atoms with Gasteiger partial charge in [0.25, 0.3) is 5.91 Å². The van der Waals surface area contributed by atoms with E-state index in [0.29, 0.717) is 69.2 Å². The number of hydrogen-bond acceptors (Lipinski definition) is 5. The lowest BCUT2D eigenvalue weighted by Gasteiger charge is -2.32. The molecule has 4 amide bonds. The summed E-state index contributed by atoms with van der Waals surface area (Å²) in [5.41, 5.74) is 2.20. The molecule has 3 N–H and O–H groups in total. The normalized spacial score (nSPS) is 18.5. The van der Waals surface area contributed by atoms with Crippen LogP contribution in [0.25, 0.3) is 6.08 Å². The molecule has 1 saturated carbocycles. The fraction of sp³-hybridized carbons (Fsp3) is 0.390. The van der Waals surface area contributed by atoms with E-state index >= 15 is 0 Å². The molecular weight excluding hydrogens is 644 g/mol. The van der Waals surface area contributed by atoms with E-state index in [1.165, 1.54) is 13.0 Å². The van der Waals surface area contributed by atoms with Crippen molar-refractivity contribution in [3.05, 3.63) is 107 Å². The molecule has 1 aliphatic carbocycles. The molecule has 0 aromatic heterocycles. The molecule has 2 fully saturated rings. The van der Waals surface area contributed by atoms with Crippen LogP contribution in [0.3, 0.4) is 0 Å². The molecule has 1 aliphatic heterocycles. The van der Waals surface area contributed by atoms with Gasteiger partial charge in [-0.25, -0.2) is 4.79 Å². The van der Waals surface area contributed by atoms with Crippen LogP contribution in [0, 0.1) is 5.41 Å². The standard InChI is InChI=1S/C41H48N4O6/c1-3-12-37(47)45-35(28-31-15-8-5-9-16-31)38(48)44(36(45)22-19-30-13-6-4-7-14-30)33-20-17-32(18-21-33)27-34(39(49)50)43-40(51)41(23-10-11-24-41)25-26-42-29(2)46/h4-9,13-18,20-21,27,35-36H,3,10-12,19,22-26,28H2,1-2H3,(H,42,46)(H,43,51)(H,49,50)/b34-27-. The third kappa shape index (κ3) is 9.11. The Labute approximate surface area is 299 Å². The summed E-state index contributed by atoms with van der Waals surface area (Å²) in [6.45, 7) is 3.72. The van der Waals surface area contributed by atoms with Crippen molar-refractivity contribution in [3.8, 4) is 0 Å². The molecule has 268 valence electrons. The maximum atomic E-state index is 14.4. The van der Waals surface area contributed by atoms with E-state index in [-0.39, 0.29) is 29.3 Å². The molecule has 51 heavy (non-hydrogen) atoms. The maximum absolute atomic E-state index is 14.4. The Kier molecular flexibility index (Phi) is 12.4. The summed E-state index contributed by atoms with van der Waals surface area (Å²) in [7, 11) is 0. The smallest absolute Gasteiger partial charge is 0.352 e. The van der Waals surface area contributed by atoms with E-state index in [1.54, 1.807) is 34.1 Å². The predicted octanol–water partition coefficient (Wildman–Crippen LogP) is 5.86. The highest BCUT2D eigenvalue weighted by Gasteiger charge is 2.48. The zero-order valence-electron chi connectivity index (χ0n) is 29.5. The van der Waals surface area contributed by atoms with Crippen LogP contribution in [0.4, 0.5) is 5.69 Å². The van der Waals surface area contributed by atoms with Gasteiger partial charge in [0.1, 0.15) is 17.9 Å². The topological polar surface area (TPSA) is 136 Å². The van der Waals surface area contributed by atoms with Gasteiger partial charge in [-0.3, -0.25) is 24.1 Å². The van der Waals surface area contributed by atoms with Crippen LogP contribution in [0.15, 0.2) is 90.6 Å². The lowest BCUT2D eigenvalue weighted by Crippen LogP contribution is -2.45. The Hall–Kier alpha value is -5.25. The number of rotatable bonds is 15. The Balaban J connectivity index is 1.42. The third-order valence-electron chi connectivity index (χ3n) is 10.0. The van der Waals surface area contributed by atoms with Gasteiger partial charge in [0.15, 0.2) is 0 Å². The maximum Gasteiger partial charge on any atom is 0.352 e. The van der Waals surface area contributed by atoms with Crippen molar-refractivity contribution in [2.45, 2.75) is 90.3 Å². The van der Waals surface area contributed by atoms with E-state index < -0.39 is 23.6 Å². The van der Waals surface area contributed by atoms with Gasteiger partial charge in [0, 0.05) is 32.0 Å². The van der Waals surface area contributed by atoms with Gasteiger partial charge < -0.3 is 20.6 Å². The average molecular weight is 693 g/mol. The number of hydrogen-bond donors (Lipinski definition) is 3. The first-order valence-corrected chi connectivity index (χ1v) is 17.9. The zero-order chi connectivity index (χ0) is 36.4. The highest BCUT2D eigenvalue weighted by atomic mass is 16.4. The largest absolute Gasteiger partial charge is 0.477 e. The van der Waals surface area contributed by atoms with Crippen LogP contribution in [0.2, 0.25) is 0 Å². The number of carbonyl (C=O) groups excluding carboxylic acids is 4. The Morgan fingerprint density at radius 2 is 1.53 bits per heavy atom. The Morgan fingerprint density at radius 1 is 0.902 bits per heavy atom. The second-order valence-corrected chi connectivity index (χ2v) is 13.6. The molecule has 5 rings (SSSR count). The minimum Gasteiger partial charge on any atom is -0.477 e. The highest BCUT2D eigenvalue weighted by Crippen LogP contribution is 2.41. The van der Waals surface area contributed by atoms with Crippen LogP contribution < -0.4 is 15.5 Å². The van der Waals surface area contributed by atoms with E-state index in [0.717, 1.165) is 24.0 Å². The molecule has 2 aliphatic rings. The van der Waals surface area contributed by atoms with Gasteiger partial charge in [0.05, 0.1) is 5.41 Å². The number of anilines is 1. The molecule has 3 aromatic rings. The number of aryl methyl sites for hydroxylation is 1. The summed E-state index contributed by atoms with van der Waals surface area (Å²) in [5.74, 6) is -2.04. The second kappa shape index (κ2) is 17.1. The van der Waals surface area contributed by atoms with E-state index in [9.17, 15) is 29.1 Å². The van der Waals surface area contributed by atoms with Crippen molar-refractivity contribution < 1.29 is 29.1 Å². The van der Waals surface area contributed by atoms with Crippen molar-refractivity contribution in [2.24, 2.45) is 5.41 Å². The quantitative estimate of drug-likeness (QED) is 0.171. The van der Waals surface area contributed by atoms with Crippen molar-refractivity contribution in [1.82, 2.24) is 15.5 Å². The molecule has 3 aromatic carbocycles. The number of benzene rings is 3. The Bertz CT molecular complexity index is 1720. The minimum atomic E-state index is -1.27. The lowest BCUT2D eigenvalue weighted by atomic mass is 9.81. The van der Waals surface area contributed by atoms with Crippen LogP contribution in [-0.4, -0.2) is 58.4 Å². The zero-order valence-corrected chi connectivity index (χ0v) is 29.5. The number of amides is 4. The molecule has 10 nitrogen and oxygen atoms in total. The summed E-state index contributed by atoms with van der Waals surface area (Å²) < 4.78 is 0. The van der Waals surface area contributed by atoms with Crippen molar-refractivity contribution in [2.75, 3.05) is 11.4 Å². The molecule has 2 unspecified atom stereocenters. The van der Waals surface area contributed by atoms with Gasteiger partial charge in [0.2, 0.25) is 17.7 Å². The van der Waals surface area contributed by atoms with Crippen molar-refractivity contribution in [1.29, 1.82) is 0 Å². The van der Waals surface area contributed by atoms with Crippen LogP contribution in [-0.2, 0) is 36.8 Å². The summed E-state index contributed by atoms with van der Waals surface area (Å²) in [5, 5.41) is 15.5. The summed E-state index contributed by atoms with van der Waals surface area (Å²) in [6, 6.07) is 26.0. The number of carboxylic acid groups (broad SMARTS) is 1. The SMILES string of the molecule is CCCC(=O)N1C(Cc2ccccc2)C(=O)N(c2ccc(/C=C(\NC(=O)C3(CCNC(C)=O)CCCC3)C(=O)O)cc2)C1CCc1ccccc1. The lowest BCUT2D eigenvalue weighted by molar-refractivity contribution is -0.137. The first-order valence-electron chi connectivity index (χ1n) is 17.9. The number of carbonyl (C=O) groups is 5. The molecule has 0 radical (unpaired) electrons. The van der Waals surface area contributed by atoms with E-state index in [4.69, 9.17) is 0 Å². The molecule has 2 atom stereocenters. The van der Waals surface area contributed by atoms with Crippen LogP contribution >= 0.6 is 0 Å². The fourth-order valence-electron chi connectivity index (χ4n) is 7.40. The van der Waals surface area contributed by atoms with Gasteiger partial charge in [-0.2, -0.15) is 0 Å².